The SMILES string of the molecule is CCCNC(=O)c1ccc(C(=O)NCCc2ccc(Cl)cc2Cl)cc1. The van der Waals surface area contributed by atoms with Gasteiger partial charge in [0.25, 0.3) is 11.8 Å². The molecule has 2 rings (SSSR count). The standard InChI is InChI=1S/C19H20Cl2N2O2/c1-2-10-22-18(24)14-3-5-15(6-4-14)19(25)23-11-9-13-7-8-16(20)12-17(13)21/h3-8,12H,2,9-11H2,1H3,(H,22,24)(H,23,25). The second-order valence-corrected chi connectivity index (χ2v) is 6.42. The molecule has 0 aliphatic heterocycles. The molecule has 0 atom stereocenters. The molecular weight excluding hydrogens is 359 g/mol. The summed E-state index contributed by atoms with van der Waals surface area (Å²) in [6.07, 6.45) is 1.49. The van der Waals surface area contributed by atoms with Crippen LogP contribution in [-0.4, -0.2) is 24.9 Å². The Morgan fingerprint density at radius 2 is 1.44 bits per heavy atom. The third-order valence-electron chi connectivity index (χ3n) is 3.64. The van der Waals surface area contributed by atoms with Crippen molar-refractivity contribution in [1.29, 1.82) is 0 Å². The minimum absolute atomic E-state index is 0.133. The van der Waals surface area contributed by atoms with E-state index in [1.54, 1.807) is 36.4 Å². The number of halogens is 2. The van der Waals surface area contributed by atoms with Crippen LogP contribution in [0.3, 0.4) is 0 Å². The zero-order chi connectivity index (χ0) is 18.2. The highest BCUT2D eigenvalue weighted by atomic mass is 35.5. The van der Waals surface area contributed by atoms with Crippen molar-refractivity contribution in [1.82, 2.24) is 10.6 Å². The molecule has 25 heavy (non-hydrogen) atoms. The van der Waals surface area contributed by atoms with E-state index in [2.05, 4.69) is 10.6 Å². The van der Waals surface area contributed by atoms with Gasteiger partial charge in [-0.3, -0.25) is 9.59 Å². The van der Waals surface area contributed by atoms with Crippen LogP contribution in [0.5, 0.6) is 0 Å². The second-order valence-electron chi connectivity index (χ2n) is 5.57. The molecule has 2 N–H and O–H groups in total. The average molecular weight is 379 g/mol. The van der Waals surface area contributed by atoms with Crippen LogP contribution in [0.25, 0.3) is 0 Å². The van der Waals surface area contributed by atoms with E-state index in [1.165, 1.54) is 0 Å². The van der Waals surface area contributed by atoms with Gasteiger partial charge < -0.3 is 10.6 Å². The summed E-state index contributed by atoms with van der Waals surface area (Å²) in [4.78, 5) is 24.0. The van der Waals surface area contributed by atoms with Crippen molar-refractivity contribution >= 4 is 35.0 Å². The monoisotopic (exact) mass is 378 g/mol. The molecule has 0 unspecified atom stereocenters. The van der Waals surface area contributed by atoms with E-state index in [9.17, 15) is 9.59 Å². The van der Waals surface area contributed by atoms with Crippen molar-refractivity contribution in [2.45, 2.75) is 19.8 Å². The number of nitrogens with one attached hydrogen (secondary N) is 2. The molecule has 0 radical (unpaired) electrons. The fraction of sp³-hybridized carbons (Fsp3) is 0.263. The van der Waals surface area contributed by atoms with Crippen LogP contribution >= 0.6 is 23.2 Å². The van der Waals surface area contributed by atoms with Gasteiger partial charge in [0.1, 0.15) is 0 Å². The van der Waals surface area contributed by atoms with Crippen LogP contribution < -0.4 is 10.6 Å². The third-order valence-corrected chi connectivity index (χ3v) is 4.23. The fourth-order valence-electron chi connectivity index (χ4n) is 2.25. The second kappa shape index (κ2) is 9.44. The Hall–Kier alpha value is -2.04. The van der Waals surface area contributed by atoms with E-state index in [1.807, 2.05) is 13.0 Å². The zero-order valence-corrected chi connectivity index (χ0v) is 15.5. The van der Waals surface area contributed by atoms with Crippen LogP contribution in [0, 0.1) is 0 Å². The largest absolute Gasteiger partial charge is 0.352 e. The number of hydrogen-bond donors (Lipinski definition) is 2. The van der Waals surface area contributed by atoms with E-state index in [0.29, 0.717) is 40.7 Å². The van der Waals surface area contributed by atoms with Crippen LogP contribution in [0.4, 0.5) is 0 Å². The summed E-state index contributed by atoms with van der Waals surface area (Å²) < 4.78 is 0. The molecular formula is C19H20Cl2N2O2. The number of carbonyl (C=O) groups excluding carboxylic acids is 2. The van der Waals surface area contributed by atoms with Gasteiger partial charge in [0, 0.05) is 34.3 Å². The van der Waals surface area contributed by atoms with Gasteiger partial charge in [0.15, 0.2) is 0 Å². The molecule has 0 fully saturated rings. The first-order valence-electron chi connectivity index (χ1n) is 8.11. The maximum absolute atomic E-state index is 12.2. The number of benzene rings is 2. The van der Waals surface area contributed by atoms with Crippen LogP contribution in [0.1, 0.15) is 39.6 Å². The summed E-state index contributed by atoms with van der Waals surface area (Å²) >= 11 is 12.0. The number of rotatable bonds is 7. The minimum Gasteiger partial charge on any atom is -0.352 e. The van der Waals surface area contributed by atoms with Gasteiger partial charge in [-0.05, 0) is 54.8 Å². The molecule has 6 heteroatoms. The predicted molar refractivity (Wildman–Crippen MR) is 102 cm³/mol. The van der Waals surface area contributed by atoms with E-state index >= 15 is 0 Å². The van der Waals surface area contributed by atoms with Crippen LogP contribution in [0.2, 0.25) is 10.0 Å². The number of hydrogen-bond acceptors (Lipinski definition) is 2. The molecule has 0 spiro atoms. The summed E-state index contributed by atoms with van der Waals surface area (Å²) in [7, 11) is 0. The number of carbonyl (C=O) groups is 2. The molecule has 4 nitrogen and oxygen atoms in total. The van der Waals surface area contributed by atoms with E-state index < -0.39 is 0 Å². The fourth-order valence-corrected chi connectivity index (χ4v) is 2.75. The summed E-state index contributed by atoms with van der Waals surface area (Å²) in [6.45, 7) is 3.08. The van der Waals surface area contributed by atoms with Crippen molar-refractivity contribution < 1.29 is 9.59 Å². The lowest BCUT2D eigenvalue weighted by atomic mass is 10.1. The average Bonchev–Trinajstić information content (AvgIpc) is 2.61. The van der Waals surface area contributed by atoms with Gasteiger partial charge in [0.05, 0.1) is 0 Å². The molecule has 2 aromatic carbocycles. The van der Waals surface area contributed by atoms with Gasteiger partial charge in [-0.25, -0.2) is 0 Å². The molecule has 0 aliphatic carbocycles. The Morgan fingerprint density at radius 3 is 1.96 bits per heavy atom. The third kappa shape index (κ3) is 5.76. The summed E-state index contributed by atoms with van der Waals surface area (Å²) in [5, 5.41) is 6.81. The lowest BCUT2D eigenvalue weighted by Crippen LogP contribution is -2.26. The first kappa shape index (κ1) is 19.3. The Kier molecular flexibility index (Phi) is 7.29. The highest BCUT2D eigenvalue weighted by molar-refractivity contribution is 6.35. The minimum atomic E-state index is -0.189. The Balaban J connectivity index is 1.87. The smallest absolute Gasteiger partial charge is 0.251 e. The summed E-state index contributed by atoms with van der Waals surface area (Å²) in [5.74, 6) is -0.322. The highest BCUT2D eigenvalue weighted by Gasteiger charge is 2.09. The highest BCUT2D eigenvalue weighted by Crippen LogP contribution is 2.21. The summed E-state index contributed by atoms with van der Waals surface area (Å²) in [6, 6.07) is 11.9. The van der Waals surface area contributed by atoms with E-state index in [0.717, 1.165) is 12.0 Å². The lowest BCUT2D eigenvalue weighted by Gasteiger charge is -2.08. The molecule has 0 aromatic heterocycles. The molecule has 2 aromatic rings. The normalized spacial score (nSPS) is 10.4. The van der Waals surface area contributed by atoms with Crippen LogP contribution in [-0.2, 0) is 6.42 Å². The van der Waals surface area contributed by atoms with Crippen molar-refractivity contribution in [2.75, 3.05) is 13.1 Å². The van der Waals surface area contributed by atoms with Crippen molar-refractivity contribution in [3.05, 3.63) is 69.2 Å². The van der Waals surface area contributed by atoms with Gasteiger partial charge in [-0.1, -0.05) is 36.2 Å². The first-order valence-corrected chi connectivity index (χ1v) is 8.87. The molecule has 2 amide bonds. The maximum Gasteiger partial charge on any atom is 0.251 e. The molecule has 132 valence electrons. The molecule has 0 bridgehead atoms. The Bertz CT molecular complexity index is 746. The number of amides is 2. The predicted octanol–water partition coefficient (Wildman–Crippen LogP) is 4.11. The van der Waals surface area contributed by atoms with Crippen molar-refractivity contribution in [3.8, 4) is 0 Å². The molecule has 0 saturated heterocycles. The zero-order valence-electron chi connectivity index (χ0n) is 13.9. The molecule has 0 aliphatic rings. The van der Waals surface area contributed by atoms with Gasteiger partial charge in [0.2, 0.25) is 0 Å². The first-order chi connectivity index (χ1) is 12.0. The molecule has 0 saturated carbocycles. The quantitative estimate of drug-likeness (QED) is 0.761. The van der Waals surface area contributed by atoms with Gasteiger partial charge in [-0.15, -0.1) is 0 Å². The van der Waals surface area contributed by atoms with Crippen molar-refractivity contribution in [2.24, 2.45) is 0 Å². The van der Waals surface area contributed by atoms with Crippen LogP contribution in [0.15, 0.2) is 42.5 Å². The molecule has 0 heterocycles. The van der Waals surface area contributed by atoms with Gasteiger partial charge in [-0.2, -0.15) is 0 Å². The maximum atomic E-state index is 12.2. The van der Waals surface area contributed by atoms with E-state index in [-0.39, 0.29) is 11.8 Å². The Labute approximate surface area is 157 Å². The summed E-state index contributed by atoms with van der Waals surface area (Å²) in [5.41, 5.74) is 1.97. The van der Waals surface area contributed by atoms with Gasteiger partial charge >= 0.3 is 0 Å². The topological polar surface area (TPSA) is 58.2 Å². The Morgan fingerprint density at radius 1 is 0.880 bits per heavy atom. The van der Waals surface area contributed by atoms with Crippen molar-refractivity contribution in [3.63, 3.8) is 0 Å². The lowest BCUT2D eigenvalue weighted by molar-refractivity contribution is 0.0942. The van der Waals surface area contributed by atoms with E-state index in [4.69, 9.17) is 23.2 Å².